The Labute approximate surface area is 78.9 Å². The molecule has 0 saturated heterocycles. The predicted octanol–water partition coefficient (Wildman–Crippen LogP) is 2.65. The Balaban J connectivity index is 3.01. The van der Waals surface area contributed by atoms with Crippen molar-refractivity contribution in [1.29, 1.82) is 10.5 Å². The lowest BCUT2D eigenvalue weighted by molar-refractivity contribution is 0.566. The van der Waals surface area contributed by atoms with Crippen LogP contribution in [0.2, 0.25) is 0 Å². The predicted molar refractivity (Wildman–Crippen MR) is 46.7 cm³/mol. The minimum Gasteiger partial charge on any atom is -0.455 e. The molecule has 0 unspecified atom stereocenters. The molecule has 0 fully saturated rings. The van der Waals surface area contributed by atoms with E-state index in [1.807, 2.05) is 0 Å². The lowest BCUT2D eigenvalue weighted by Crippen LogP contribution is -1.70. The molecule has 1 rings (SSSR count). The summed E-state index contributed by atoms with van der Waals surface area (Å²) in [5.41, 5.74) is 8.00. The Morgan fingerprint density at radius 2 is 2.21 bits per heavy atom. The van der Waals surface area contributed by atoms with Crippen molar-refractivity contribution < 1.29 is 4.42 Å². The highest BCUT2D eigenvalue weighted by atomic mass is 16.4. The summed E-state index contributed by atoms with van der Waals surface area (Å²) < 4.78 is 4.96. The summed E-state index contributed by atoms with van der Waals surface area (Å²) in [4.78, 5) is 2.52. The maximum absolute atomic E-state index is 8.43. The van der Waals surface area contributed by atoms with Crippen LogP contribution in [0.25, 0.3) is 16.5 Å². The third kappa shape index (κ3) is 2.15. The van der Waals surface area contributed by atoms with Gasteiger partial charge in [0.15, 0.2) is 5.88 Å². The van der Waals surface area contributed by atoms with Gasteiger partial charge in [0, 0.05) is 11.0 Å². The number of nitrogens with zero attached hydrogens (tertiary/aromatic N) is 5. The summed E-state index contributed by atoms with van der Waals surface area (Å²) in [6.07, 6.45) is 1.26. The molecular formula is C8H3N5O. The van der Waals surface area contributed by atoms with Crippen molar-refractivity contribution in [3.63, 3.8) is 0 Å². The van der Waals surface area contributed by atoms with E-state index < -0.39 is 0 Å². The van der Waals surface area contributed by atoms with Crippen LogP contribution in [0.1, 0.15) is 5.76 Å². The van der Waals surface area contributed by atoms with E-state index in [0.29, 0.717) is 5.76 Å². The van der Waals surface area contributed by atoms with E-state index in [1.165, 1.54) is 18.2 Å². The van der Waals surface area contributed by atoms with E-state index in [4.69, 9.17) is 20.5 Å². The van der Waals surface area contributed by atoms with E-state index >= 15 is 0 Å². The van der Waals surface area contributed by atoms with Crippen LogP contribution in [0, 0.1) is 22.7 Å². The van der Waals surface area contributed by atoms with Crippen molar-refractivity contribution in [3.05, 3.63) is 33.9 Å². The Hall–Kier alpha value is -2.69. The first-order chi connectivity index (χ1) is 6.80. The third-order valence-corrected chi connectivity index (χ3v) is 1.28. The molecule has 0 spiro atoms. The SMILES string of the molecule is N#CC(C#N)=Cc1ccc(N=[N+]=[N-])o1. The smallest absolute Gasteiger partial charge is 0.191 e. The second-order valence-corrected chi connectivity index (χ2v) is 2.15. The summed E-state index contributed by atoms with van der Waals surface area (Å²) in [7, 11) is 0. The fourth-order valence-electron chi connectivity index (χ4n) is 0.749. The second kappa shape index (κ2) is 4.36. The van der Waals surface area contributed by atoms with Crippen molar-refractivity contribution in [2.45, 2.75) is 0 Å². The molecule has 0 aliphatic heterocycles. The molecule has 0 atom stereocenters. The Bertz CT molecular complexity index is 477. The molecule has 0 aliphatic carbocycles. The van der Waals surface area contributed by atoms with Gasteiger partial charge in [0.1, 0.15) is 23.5 Å². The van der Waals surface area contributed by atoms with Crippen molar-refractivity contribution in [1.82, 2.24) is 0 Å². The minimum absolute atomic E-state index is 0.0770. The van der Waals surface area contributed by atoms with Crippen molar-refractivity contribution in [2.75, 3.05) is 0 Å². The highest BCUT2D eigenvalue weighted by Gasteiger charge is 1.99. The molecule has 1 heterocycles. The number of nitriles is 2. The van der Waals surface area contributed by atoms with Crippen molar-refractivity contribution in [3.8, 4) is 12.1 Å². The van der Waals surface area contributed by atoms with Gasteiger partial charge in [-0.3, -0.25) is 0 Å². The quantitative estimate of drug-likeness (QED) is 0.305. The van der Waals surface area contributed by atoms with Crippen LogP contribution in [0.3, 0.4) is 0 Å². The molecule has 0 aliphatic rings. The molecule has 0 radical (unpaired) electrons. The van der Waals surface area contributed by atoms with E-state index in [2.05, 4.69) is 10.0 Å². The van der Waals surface area contributed by atoms with Crippen LogP contribution in [0.5, 0.6) is 0 Å². The molecule has 6 heteroatoms. The van der Waals surface area contributed by atoms with E-state index in [-0.39, 0.29) is 11.5 Å². The van der Waals surface area contributed by atoms with Crippen molar-refractivity contribution in [2.24, 2.45) is 5.11 Å². The van der Waals surface area contributed by atoms with Gasteiger partial charge in [-0.1, -0.05) is 0 Å². The van der Waals surface area contributed by atoms with Gasteiger partial charge < -0.3 is 4.42 Å². The molecule has 1 aromatic rings. The fourth-order valence-corrected chi connectivity index (χ4v) is 0.749. The topological polar surface area (TPSA) is 109 Å². The van der Waals surface area contributed by atoms with E-state index in [9.17, 15) is 0 Å². The fraction of sp³-hybridized carbons (Fsp3) is 0. The molecule has 66 valence electrons. The normalized spacial score (nSPS) is 7.86. The van der Waals surface area contributed by atoms with Crippen LogP contribution in [0.4, 0.5) is 5.88 Å². The number of azide groups is 1. The minimum atomic E-state index is -0.0770. The standard InChI is InChI=1S/C8H3N5O/c9-4-6(5-10)3-7-1-2-8(14-7)12-13-11/h1-3H. The Morgan fingerprint density at radius 1 is 1.50 bits per heavy atom. The number of hydrogen-bond donors (Lipinski definition) is 0. The van der Waals surface area contributed by atoms with Crippen LogP contribution in [-0.4, -0.2) is 0 Å². The summed E-state index contributed by atoms with van der Waals surface area (Å²) in [5, 5.41) is 20.1. The number of allylic oxidation sites excluding steroid dienone is 1. The van der Waals surface area contributed by atoms with Crippen LogP contribution < -0.4 is 0 Å². The molecule has 14 heavy (non-hydrogen) atoms. The number of rotatable bonds is 2. The second-order valence-electron chi connectivity index (χ2n) is 2.15. The molecule has 1 aromatic heterocycles. The van der Waals surface area contributed by atoms with Crippen molar-refractivity contribution >= 4 is 12.0 Å². The lowest BCUT2D eigenvalue weighted by atomic mass is 10.3. The lowest BCUT2D eigenvalue weighted by Gasteiger charge is -1.83. The van der Waals surface area contributed by atoms with Gasteiger partial charge in [-0.2, -0.15) is 10.5 Å². The van der Waals surface area contributed by atoms with Gasteiger partial charge in [0.25, 0.3) is 0 Å². The summed E-state index contributed by atoms with van der Waals surface area (Å²) >= 11 is 0. The molecule has 0 N–H and O–H groups in total. The summed E-state index contributed by atoms with van der Waals surface area (Å²) in [5.74, 6) is 0.388. The van der Waals surface area contributed by atoms with Gasteiger partial charge in [-0.15, -0.1) is 0 Å². The zero-order valence-corrected chi connectivity index (χ0v) is 6.88. The van der Waals surface area contributed by atoms with E-state index in [0.717, 1.165) is 0 Å². The van der Waals surface area contributed by atoms with Gasteiger partial charge in [0.2, 0.25) is 0 Å². The molecule has 6 nitrogen and oxygen atoms in total. The van der Waals surface area contributed by atoms with Gasteiger partial charge >= 0.3 is 0 Å². The molecular weight excluding hydrogens is 182 g/mol. The first kappa shape index (κ1) is 9.40. The first-order valence-corrected chi connectivity index (χ1v) is 3.47. The molecule has 0 amide bonds. The maximum Gasteiger partial charge on any atom is 0.191 e. The Morgan fingerprint density at radius 3 is 2.79 bits per heavy atom. The average Bonchev–Trinajstić information content (AvgIpc) is 2.63. The number of hydrogen-bond acceptors (Lipinski definition) is 4. The summed E-state index contributed by atoms with van der Waals surface area (Å²) in [6.45, 7) is 0. The highest BCUT2D eigenvalue weighted by Crippen LogP contribution is 2.18. The number of furan rings is 1. The van der Waals surface area contributed by atoms with Gasteiger partial charge in [-0.25, -0.2) is 0 Å². The third-order valence-electron chi connectivity index (χ3n) is 1.28. The first-order valence-electron chi connectivity index (χ1n) is 3.47. The van der Waals surface area contributed by atoms with Crippen LogP contribution >= 0.6 is 0 Å². The summed E-state index contributed by atoms with van der Waals surface area (Å²) in [6, 6.07) is 6.30. The zero-order valence-electron chi connectivity index (χ0n) is 6.88. The Kier molecular flexibility index (Phi) is 2.93. The maximum atomic E-state index is 8.43. The zero-order chi connectivity index (χ0) is 10.4. The van der Waals surface area contributed by atoms with Crippen LogP contribution in [0.15, 0.2) is 27.2 Å². The monoisotopic (exact) mass is 185 g/mol. The van der Waals surface area contributed by atoms with E-state index in [1.54, 1.807) is 12.1 Å². The molecule has 0 aromatic carbocycles. The highest BCUT2D eigenvalue weighted by molar-refractivity contribution is 5.59. The largest absolute Gasteiger partial charge is 0.455 e. The van der Waals surface area contributed by atoms with Gasteiger partial charge in [0.05, 0.1) is 0 Å². The van der Waals surface area contributed by atoms with Gasteiger partial charge in [-0.05, 0) is 22.8 Å². The molecule has 0 saturated carbocycles. The van der Waals surface area contributed by atoms with Crippen LogP contribution in [-0.2, 0) is 0 Å². The average molecular weight is 185 g/mol. The molecule has 0 bridgehead atoms.